The highest BCUT2D eigenvalue weighted by atomic mass is 31.2. The lowest BCUT2D eigenvalue weighted by Gasteiger charge is -2.21. The minimum absolute atomic E-state index is 0.105. The number of hydrogen-bond donors (Lipinski definition) is 3. The second-order valence-electron chi connectivity index (χ2n) is 28.0. The molecule has 0 aliphatic heterocycles. The normalized spacial score (nSPS) is 14.0. The van der Waals surface area contributed by atoms with Gasteiger partial charge in [0.05, 0.1) is 26.4 Å². The van der Waals surface area contributed by atoms with Crippen molar-refractivity contribution in [1.82, 2.24) is 0 Å². The van der Waals surface area contributed by atoms with Crippen LogP contribution in [0.25, 0.3) is 0 Å². The van der Waals surface area contributed by atoms with Gasteiger partial charge < -0.3 is 33.8 Å². The highest BCUT2D eigenvalue weighted by Gasteiger charge is 2.30. The quantitative estimate of drug-likeness (QED) is 0.0222. The van der Waals surface area contributed by atoms with Gasteiger partial charge in [0.2, 0.25) is 0 Å². The van der Waals surface area contributed by atoms with Crippen LogP contribution in [0.1, 0.15) is 388 Å². The highest BCUT2D eigenvalue weighted by Crippen LogP contribution is 2.45. The summed E-state index contributed by atoms with van der Waals surface area (Å²) >= 11 is 0. The largest absolute Gasteiger partial charge is 0.472 e. The van der Waals surface area contributed by atoms with E-state index in [0.717, 1.165) is 102 Å². The van der Waals surface area contributed by atoms with E-state index in [9.17, 15) is 43.2 Å². The van der Waals surface area contributed by atoms with E-state index in [1.165, 1.54) is 199 Å². The van der Waals surface area contributed by atoms with Crippen molar-refractivity contribution in [1.29, 1.82) is 0 Å². The number of ether oxygens (including phenoxy) is 4. The summed E-state index contributed by atoms with van der Waals surface area (Å²) in [6, 6.07) is 0. The number of aliphatic hydroxyl groups is 1. The van der Waals surface area contributed by atoms with E-state index in [2.05, 4.69) is 41.5 Å². The third-order valence-corrected chi connectivity index (χ3v) is 19.4. The summed E-state index contributed by atoms with van der Waals surface area (Å²) in [5, 5.41) is 10.6. The van der Waals surface area contributed by atoms with Gasteiger partial charge in [0.15, 0.2) is 12.2 Å². The molecule has 0 aliphatic carbocycles. The fourth-order valence-corrected chi connectivity index (χ4v) is 13.1. The van der Waals surface area contributed by atoms with E-state index in [1.54, 1.807) is 0 Å². The van der Waals surface area contributed by atoms with Crippen LogP contribution < -0.4 is 0 Å². The molecule has 2 unspecified atom stereocenters. The second kappa shape index (κ2) is 66.9. The van der Waals surface area contributed by atoms with Crippen LogP contribution in [0.4, 0.5) is 0 Å². The third kappa shape index (κ3) is 68.6. The molecule has 0 amide bonds. The molecule has 0 aliphatic rings. The van der Waals surface area contributed by atoms with Crippen molar-refractivity contribution in [2.75, 3.05) is 39.6 Å². The molecule has 0 rings (SSSR count). The molecule has 0 aromatic rings. The van der Waals surface area contributed by atoms with Crippen LogP contribution in [-0.2, 0) is 65.4 Å². The van der Waals surface area contributed by atoms with Crippen LogP contribution in [0.2, 0.25) is 0 Å². The summed E-state index contributed by atoms with van der Waals surface area (Å²) in [6.07, 6.45) is 54.2. The fraction of sp³-hybridized carbons (Fsp3) is 0.947. The van der Waals surface area contributed by atoms with Gasteiger partial charge in [-0.05, 0) is 37.5 Å². The topological polar surface area (TPSA) is 237 Å². The van der Waals surface area contributed by atoms with Gasteiger partial charge in [-0.3, -0.25) is 37.3 Å². The molecule has 0 aromatic carbocycles. The van der Waals surface area contributed by atoms with Crippen LogP contribution >= 0.6 is 15.6 Å². The maximum absolute atomic E-state index is 13.1. The van der Waals surface area contributed by atoms with Gasteiger partial charge in [0.25, 0.3) is 0 Å². The Labute approximate surface area is 575 Å². The minimum Gasteiger partial charge on any atom is -0.462 e. The molecule has 0 bridgehead atoms. The summed E-state index contributed by atoms with van der Waals surface area (Å²) in [7, 11) is -9.91. The van der Waals surface area contributed by atoms with E-state index >= 15 is 0 Å². The lowest BCUT2D eigenvalue weighted by atomic mass is 10.0. The van der Waals surface area contributed by atoms with Crippen LogP contribution in [0.5, 0.6) is 0 Å². The van der Waals surface area contributed by atoms with Crippen LogP contribution in [-0.4, -0.2) is 96.7 Å². The maximum Gasteiger partial charge on any atom is 0.472 e. The van der Waals surface area contributed by atoms with Gasteiger partial charge in [0.1, 0.15) is 19.3 Å². The molecule has 0 aromatic heterocycles. The number of unbranched alkanes of at least 4 members (excludes halogenated alkanes) is 44. The van der Waals surface area contributed by atoms with Crippen molar-refractivity contribution in [3.63, 3.8) is 0 Å². The minimum atomic E-state index is -4.96. The predicted octanol–water partition coefficient (Wildman–Crippen LogP) is 21.9. The molecule has 558 valence electrons. The number of aliphatic hydroxyl groups excluding tert-OH is 1. The number of hydrogen-bond acceptors (Lipinski definition) is 15. The first-order valence-corrected chi connectivity index (χ1v) is 42.0. The number of carbonyl (C=O) groups excluding carboxylic acids is 4. The molecule has 3 N–H and O–H groups in total. The smallest absolute Gasteiger partial charge is 0.462 e. The number of rotatable bonds is 74. The van der Waals surface area contributed by atoms with Crippen molar-refractivity contribution >= 4 is 39.5 Å². The molecular weight excluding hydrogens is 1230 g/mol. The Morgan fingerprint density at radius 2 is 0.489 bits per heavy atom. The molecule has 0 spiro atoms. The van der Waals surface area contributed by atoms with E-state index in [-0.39, 0.29) is 25.7 Å². The van der Waals surface area contributed by atoms with Gasteiger partial charge in [0, 0.05) is 25.7 Å². The van der Waals surface area contributed by atoms with Crippen molar-refractivity contribution in [2.24, 2.45) is 11.8 Å². The summed E-state index contributed by atoms with van der Waals surface area (Å²) in [4.78, 5) is 72.8. The van der Waals surface area contributed by atoms with Crippen molar-refractivity contribution in [3.8, 4) is 0 Å². The SMILES string of the molecule is CCCCCCCCCCCCCCCCCCC(=O)OC[C@H](COP(=O)(O)OC[C@@H](O)COP(=O)(O)OC[C@@H](COC(=O)CCCCCCCCCC(C)C)OC(=O)CCCCCCCCCCCC(C)C)OC(=O)CCCCCCCCCCCCCCCCCC. The van der Waals surface area contributed by atoms with Gasteiger partial charge in [-0.2, -0.15) is 0 Å². The first-order valence-electron chi connectivity index (χ1n) is 39.0. The summed E-state index contributed by atoms with van der Waals surface area (Å²) < 4.78 is 68.5. The number of esters is 4. The Bertz CT molecular complexity index is 1820. The molecule has 19 heteroatoms. The van der Waals surface area contributed by atoms with Crippen molar-refractivity contribution < 1.29 is 80.2 Å². The van der Waals surface area contributed by atoms with Crippen molar-refractivity contribution in [3.05, 3.63) is 0 Å². The maximum atomic E-state index is 13.1. The van der Waals surface area contributed by atoms with E-state index in [1.807, 2.05) is 0 Å². The average Bonchev–Trinajstić information content (AvgIpc) is 1.43. The molecular formula is C75H146O17P2. The zero-order chi connectivity index (χ0) is 69.3. The number of carbonyl (C=O) groups is 4. The molecule has 0 fully saturated rings. The Balaban J connectivity index is 5.24. The fourth-order valence-electron chi connectivity index (χ4n) is 11.5. The second-order valence-corrected chi connectivity index (χ2v) is 30.9. The Morgan fingerprint density at radius 3 is 0.723 bits per heavy atom. The van der Waals surface area contributed by atoms with Gasteiger partial charge in [-0.1, -0.05) is 337 Å². The first-order chi connectivity index (χ1) is 45.4. The lowest BCUT2D eigenvalue weighted by Crippen LogP contribution is -2.30. The molecule has 5 atom stereocenters. The van der Waals surface area contributed by atoms with Crippen LogP contribution in [0, 0.1) is 11.8 Å². The monoisotopic (exact) mass is 1380 g/mol. The Kier molecular flexibility index (Phi) is 65.5. The summed E-state index contributed by atoms with van der Waals surface area (Å²) in [6.45, 7) is 9.51. The molecule has 0 saturated heterocycles. The average molecular weight is 1380 g/mol. The standard InChI is InChI=1S/C75H146O17P2/c1-7-9-11-13-15-17-19-21-23-25-27-29-33-39-45-51-57-72(77)85-63-70(91-74(79)59-53-47-40-34-30-28-26-24-22-20-18-16-14-12-10-8-2)65-89-93(81,82)87-61-69(76)62-88-94(83,84)90-66-71(64-86-73(78)58-52-46-42-36-38-44-50-56-68(5)6)92-75(80)60-54-48-41-35-31-32-37-43-49-55-67(3)4/h67-71,76H,7-66H2,1-6H3,(H,81,82)(H,83,84)/t69-,70-,71-/m1/s1. The van der Waals surface area contributed by atoms with Gasteiger partial charge >= 0.3 is 39.5 Å². The molecule has 0 heterocycles. The third-order valence-electron chi connectivity index (χ3n) is 17.5. The summed E-state index contributed by atoms with van der Waals surface area (Å²) in [5.41, 5.74) is 0. The molecule has 17 nitrogen and oxygen atoms in total. The van der Waals surface area contributed by atoms with Crippen LogP contribution in [0.3, 0.4) is 0 Å². The van der Waals surface area contributed by atoms with E-state index in [4.69, 9.17) is 37.0 Å². The lowest BCUT2D eigenvalue weighted by molar-refractivity contribution is -0.161. The van der Waals surface area contributed by atoms with Crippen molar-refractivity contribution in [2.45, 2.75) is 407 Å². The van der Waals surface area contributed by atoms with Gasteiger partial charge in [-0.25, -0.2) is 9.13 Å². The Morgan fingerprint density at radius 1 is 0.287 bits per heavy atom. The number of phosphoric ester groups is 2. The first kappa shape index (κ1) is 92.1. The van der Waals surface area contributed by atoms with Gasteiger partial charge in [-0.15, -0.1) is 0 Å². The predicted molar refractivity (Wildman–Crippen MR) is 381 cm³/mol. The molecule has 0 saturated carbocycles. The highest BCUT2D eigenvalue weighted by molar-refractivity contribution is 7.47. The summed E-state index contributed by atoms with van der Waals surface area (Å²) in [5.74, 6) is -0.676. The Hall–Kier alpha value is -1.94. The molecule has 0 radical (unpaired) electrons. The molecule has 94 heavy (non-hydrogen) atoms. The zero-order valence-corrected chi connectivity index (χ0v) is 63.1. The zero-order valence-electron chi connectivity index (χ0n) is 61.3. The van der Waals surface area contributed by atoms with Crippen LogP contribution in [0.15, 0.2) is 0 Å². The number of phosphoric acid groups is 2. The van der Waals surface area contributed by atoms with E-state index < -0.39 is 97.5 Å². The van der Waals surface area contributed by atoms with E-state index in [0.29, 0.717) is 31.6 Å².